The summed E-state index contributed by atoms with van der Waals surface area (Å²) in [6, 6.07) is 0.0563. The third-order valence-electron chi connectivity index (χ3n) is 6.98. The van der Waals surface area contributed by atoms with Gasteiger partial charge in [-0.1, -0.05) is 66.2 Å². The van der Waals surface area contributed by atoms with E-state index >= 15 is 0 Å². The van der Waals surface area contributed by atoms with Crippen molar-refractivity contribution in [1.82, 2.24) is 10.6 Å². The first-order valence-corrected chi connectivity index (χ1v) is 13.1. The Balaban J connectivity index is 1.72. The molecule has 0 aliphatic heterocycles. The second kappa shape index (κ2) is 13.3. The average Bonchev–Trinajstić information content (AvgIpc) is 2.71. The van der Waals surface area contributed by atoms with E-state index in [-0.39, 0.29) is 35.2 Å². The second-order valence-corrected chi connectivity index (χ2v) is 11.3. The molecule has 186 valence electrons. The van der Waals surface area contributed by atoms with Crippen molar-refractivity contribution in [2.75, 3.05) is 13.2 Å². The zero-order valence-electron chi connectivity index (χ0n) is 21.1. The number of rotatable bonds is 11. The summed E-state index contributed by atoms with van der Waals surface area (Å²) in [6.45, 7) is 9.93. The summed E-state index contributed by atoms with van der Waals surface area (Å²) in [6.07, 6.45) is 14.7. The van der Waals surface area contributed by atoms with Gasteiger partial charge in [0.15, 0.2) is 0 Å². The molecule has 0 aromatic carbocycles. The van der Waals surface area contributed by atoms with Crippen molar-refractivity contribution in [3.8, 4) is 0 Å². The second-order valence-electron chi connectivity index (χ2n) is 11.3. The highest BCUT2D eigenvalue weighted by molar-refractivity contribution is 5.68. The van der Waals surface area contributed by atoms with E-state index < -0.39 is 0 Å². The van der Waals surface area contributed by atoms with Gasteiger partial charge in [0.25, 0.3) is 0 Å². The quantitative estimate of drug-likeness (QED) is 0.341. The zero-order chi connectivity index (χ0) is 23.5. The number of ether oxygens (including phenoxy) is 2. The van der Waals surface area contributed by atoms with E-state index in [2.05, 4.69) is 38.3 Å². The van der Waals surface area contributed by atoms with Crippen molar-refractivity contribution < 1.29 is 19.1 Å². The molecule has 0 radical (unpaired) electrons. The molecule has 2 aliphatic carbocycles. The maximum atomic E-state index is 12.5. The van der Waals surface area contributed by atoms with Gasteiger partial charge in [-0.05, 0) is 62.2 Å². The van der Waals surface area contributed by atoms with Crippen LogP contribution >= 0.6 is 0 Å². The fourth-order valence-electron chi connectivity index (χ4n) is 5.79. The predicted molar refractivity (Wildman–Crippen MR) is 129 cm³/mol. The lowest BCUT2D eigenvalue weighted by Crippen LogP contribution is -2.50. The van der Waals surface area contributed by atoms with E-state index in [0.717, 1.165) is 57.8 Å². The minimum Gasteiger partial charge on any atom is -0.450 e. The standard InChI is InChI=1S/C26H48N2O4/c1-5-6-7-8-9-13-16-31-23(29)27-20-26(4)18-21(17-25(2,3)19-26)28-24(30)32-22-14-11-10-12-15-22/h21-22H,5-20H2,1-4H3,(H,27,29)(H,28,30). The summed E-state index contributed by atoms with van der Waals surface area (Å²) >= 11 is 0. The van der Waals surface area contributed by atoms with Gasteiger partial charge in [-0.15, -0.1) is 0 Å². The summed E-state index contributed by atoms with van der Waals surface area (Å²) in [5.41, 5.74) is -0.0104. The number of carbonyl (C=O) groups excluding carboxylic acids is 2. The molecule has 2 N–H and O–H groups in total. The van der Waals surface area contributed by atoms with Gasteiger partial charge in [0.1, 0.15) is 6.10 Å². The van der Waals surface area contributed by atoms with Gasteiger partial charge in [-0.2, -0.15) is 0 Å². The van der Waals surface area contributed by atoms with Gasteiger partial charge < -0.3 is 20.1 Å². The molecule has 0 saturated heterocycles. The smallest absolute Gasteiger partial charge is 0.407 e. The van der Waals surface area contributed by atoms with Gasteiger partial charge in [0, 0.05) is 12.6 Å². The number of nitrogens with one attached hydrogen (secondary N) is 2. The monoisotopic (exact) mass is 452 g/mol. The van der Waals surface area contributed by atoms with Crippen LogP contribution in [0.4, 0.5) is 9.59 Å². The fourth-order valence-corrected chi connectivity index (χ4v) is 5.79. The molecule has 2 amide bonds. The minimum absolute atomic E-state index is 0.0563. The molecule has 6 heteroatoms. The van der Waals surface area contributed by atoms with Crippen LogP contribution in [0.1, 0.15) is 118 Å². The molecule has 2 unspecified atom stereocenters. The largest absolute Gasteiger partial charge is 0.450 e. The maximum absolute atomic E-state index is 12.5. The van der Waals surface area contributed by atoms with E-state index in [1.807, 2.05) is 0 Å². The van der Waals surface area contributed by atoms with E-state index in [1.54, 1.807) is 0 Å². The molecule has 0 spiro atoms. The highest BCUT2D eigenvalue weighted by atomic mass is 16.6. The van der Waals surface area contributed by atoms with Crippen LogP contribution in [0.15, 0.2) is 0 Å². The SMILES string of the molecule is CCCCCCCCOC(=O)NCC1(C)CC(NC(=O)OC2CCCCC2)CC(C)(C)C1. The first-order chi connectivity index (χ1) is 15.2. The Morgan fingerprint density at radius 2 is 1.59 bits per heavy atom. The molecule has 2 rings (SSSR count). The molecule has 2 saturated carbocycles. The zero-order valence-corrected chi connectivity index (χ0v) is 21.1. The topological polar surface area (TPSA) is 76.7 Å². The van der Waals surface area contributed by atoms with Gasteiger partial charge >= 0.3 is 12.2 Å². The number of alkyl carbamates (subject to hydrolysis) is 2. The summed E-state index contributed by atoms with van der Waals surface area (Å²) in [5, 5.41) is 6.10. The van der Waals surface area contributed by atoms with Gasteiger partial charge in [-0.3, -0.25) is 0 Å². The molecule has 0 aromatic rings. The van der Waals surface area contributed by atoms with Crippen LogP contribution < -0.4 is 10.6 Å². The van der Waals surface area contributed by atoms with Gasteiger partial charge in [-0.25, -0.2) is 9.59 Å². The Morgan fingerprint density at radius 3 is 2.31 bits per heavy atom. The van der Waals surface area contributed by atoms with Crippen molar-refractivity contribution in [3.05, 3.63) is 0 Å². The normalized spacial score (nSPS) is 25.7. The first-order valence-electron chi connectivity index (χ1n) is 13.1. The summed E-state index contributed by atoms with van der Waals surface area (Å²) in [4.78, 5) is 24.7. The molecule has 0 bridgehead atoms. The van der Waals surface area contributed by atoms with Crippen LogP contribution in [0.25, 0.3) is 0 Å². The lowest BCUT2D eigenvalue weighted by atomic mass is 9.62. The Bertz CT molecular complexity index is 574. The van der Waals surface area contributed by atoms with Crippen molar-refractivity contribution in [3.63, 3.8) is 0 Å². The molecule has 6 nitrogen and oxygen atoms in total. The fraction of sp³-hybridized carbons (Fsp3) is 0.923. The number of unbranched alkanes of at least 4 members (excludes halogenated alkanes) is 5. The van der Waals surface area contributed by atoms with Crippen LogP contribution in [0.3, 0.4) is 0 Å². The molecular formula is C26H48N2O4. The highest BCUT2D eigenvalue weighted by Gasteiger charge is 2.42. The Hall–Kier alpha value is -1.46. The van der Waals surface area contributed by atoms with Gasteiger partial charge in [0.05, 0.1) is 6.61 Å². The van der Waals surface area contributed by atoms with Gasteiger partial charge in [0.2, 0.25) is 0 Å². The van der Waals surface area contributed by atoms with E-state index in [4.69, 9.17) is 9.47 Å². The summed E-state index contributed by atoms with van der Waals surface area (Å²) in [7, 11) is 0. The molecular weight excluding hydrogens is 404 g/mol. The molecule has 2 atom stereocenters. The van der Waals surface area contributed by atoms with E-state index in [9.17, 15) is 9.59 Å². The summed E-state index contributed by atoms with van der Waals surface area (Å²) < 4.78 is 11.0. The van der Waals surface area contributed by atoms with Crippen molar-refractivity contribution in [2.45, 2.75) is 130 Å². The van der Waals surface area contributed by atoms with Crippen molar-refractivity contribution in [2.24, 2.45) is 10.8 Å². The molecule has 0 aromatic heterocycles. The Labute approximate surface area is 196 Å². The van der Waals surface area contributed by atoms with Crippen molar-refractivity contribution >= 4 is 12.2 Å². The van der Waals surface area contributed by atoms with E-state index in [1.165, 1.54) is 32.1 Å². The molecule has 0 heterocycles. The molecule has 32 heavy (non-hydrogen) atoms. The van der Waals surface area contributed by atoms with Crippen molar-refractivity contribution in [1.29, 1.82) is 0 Å². The summed E-state index contributed by atoms with van der Waals surface area (Å²) in [5.74, 6) is 0. The maximum Gasteiger partial charge on any atom is 0.407 e. The first kappa shape index (κ1) is 26.8. The molecule has 2 fully saturated rings. The minimum atomic E-state index is -0.329. The third kappa shape index (κ3) is 10.4. The lowest BCUT2D eigenvalue weighted by molar-refractivity contribution is 0.0470. The predicted octanol–water partition coefficient (Wildman–Crippen LogP) is 6.72. The number of amides is 2. The molecule has 2 aliphatic rings. The van der Waals surface area contributed by atoms with Crippen LogP contribution in [-0.2, 0) is 9.47 Å². The highest BCUT2D eigenvalue weighted by Crippen LogP contribution is 2.45. The van der Waals surface area contributed by atoms with Crippen LogP contribution in [0.2, 0.25) is 0 Å². The number of carbonyl (C=O) groups is 2. The van der Waals surface area contributed by atoms with E-state index in [0.29, 0.717) is 13.2 Å². The average molecular weight is 453 g/mol. The van der Waals surface area contributed by atoms with Crippen LogP contribution in [0.5, 0.6) is 0 Å². The number of hydrogen-bond acceptors (Lipinski definition) is 4. The Morgan fingerprint density at radius 1 is 0.906 bits per heavy atom. The van der Waals surface area contributed by atoms with Crippen LogP contribution in [0, 0.1) is 10.8 Å². The number of hydrogen-bond donors (Lipinski definition) is 2. The Kier molecular flexibility index (Phi) is 11.1. The third-order valence-corrected chi connectivity index (χ3v) is 6.98. The van der Waals surface area contributed by atoms with Crippen LogP contribution in [-0.4, -0.2) is 37.5 Å². The lowest BCUT2D eigenvalue weighted by Gasteiger charge is -2.46.